The van der Waals surface area contributed by atoms with Crippen molar-refractivity contribution in [1.29, 1.82) is 0 Å². The minimum atomic E-state index is -0.955. The largest absolute Gasteiger partial charge is 0.385 e. The molecule has 0 bridgehead atoms. The van der Waals surface area contributed by atoms with Crippen LogP contribution in [0.1, 0.15) is 75.3 Å². The molecule has 0 saturated heterocycles. The molecule has 172 valence electrons. The van der Waals surface area contributed by atoms with Crippen LogP contribution < -0.4 is 0 Å². The average molecular weight is 437 g/mol. The maximum absolute atomic E-state index is 12.1. The Balaban J connectivity index is 1.47. The van der Waals surface area contributed by atoms with Crippen molar-refractivity contribution < 1.29 is 19.5 Å². The van der Waals surface area contributed by atoms with E-state index in [1.807, 2.05) is 60.7 Å². The Bertz CT molecular complexity index is 814. The zero-order valence-electron chi connectivity index (χ0n) is 19.0. The van der Waals surface area contributed by atoms with Crippen molar-refractivity contribution in [3.8, 4) is 0 Å². The maximum atomic E-state index is 12.1. The summed E-state index contributed by atoms with van der Waals surface area (Å²) in [5.41, 5.74) is 2.33. The summed E-state index contributed by atoms with van der Waals surface area (Å²) in [5.74, 6) is 0.294. The molecule has 1 unspecified atom stereocenters. The number of aliphatic hydroxyl groups excluding tert-OH is 1. The second-order valence-corrected chi connectivity index (χ2v) is 8.48. The van der Waals surface area contributed by atoms with Crippen LogP contribution in [-0.2, 0) is 27.2 Å². The van der Waals surface area contributed by atoms with E-state index in [0.717, 1.165) is 18.4 Å². The number of ketones is 3. The Morgan fingerprint density at radius 2 is 1.03 bits per heavy atom. The Labute approximate surface area is 192 Å². The molecule has 0 amide bonds. The lowest BCUT2D eigenvalue weighted by Gasteiger charge is -2.09. The Kier molecular flexibility index (Phi) is 12.2. The van der Waals surface area contributed by atoms with Gasteiger partial charge < -0.3 is 5.11 Å². The van der Waals surface area contributed by atoms with Gasteiger partial charge in [0.2, 0.25) is 0 Å². The van der Waals surface area contributed by atoms with Crippen molar-refractivity contribution in [2.75, 3.05) is 0 Å². The molecule has 32 heavy (non-hydrogen) atoms. The smallest absolute Gasteiger partial charge is 0.161 e. The van der Waals surface area contributed by atoms with Gasteiger partial charge >= 0.3 is 0 Å². The molecule has 0 heterocycles. The van der Waals surface area contributed by atoms with Crippen molar-refractivity contribution in [3.05, 3.63) is 71.8 Å². The summed E-state index contributed by atoms with van der Waals surface area (Å²) in [6.07, 6.45) is 6.01. The molecule has 0 spiro atoms. The predicted molar refractivity (Wildman–Crippen MR) is 127 cm³/mol. The molecule has 2 aromatic rings. The van der Waals surface area contributed by atoms with Gasteiger partial charge in [-0.25, -0.2) is 0 Å². The zero-order chi connectivity index (χ0) is 23.0. The highest BCUT2D eigenvalue weighted by molar-refractivity contribution is 5.83. The molecule has 2 aromatic carbocycles. The van der Waals surface area contributed by atoms with E-state index < -0.39 is 6.10 Å². The summed E-state index contributed by atoms with van der Waals surface area (Å²) < 4.78 is 0. The molecule has 0 aliphatic rings. The Morgan fingerprint density at radius 1 is 0.594 bits per heavy atom. The summed E-state index contributed by atoms with van der Waals surface area (Å²) in [6.45, 7) is 0. The normalized spacial score (nSPS) is 11.8. The van der Waals surface area contributed by atoms with Crippen LogP contribution in [0.2, 0.25) is 0 Å². The second-order valence-electron chi connectivity index (χ2n) is 8.48. The number of unbranched alkanes of at least 4 members (excludes halogenated alkanes) is 2. The minimum Gasteiger partial charge on any atom is -0.385 e. The third-order valence-electron chi connectivity index (χ3n) is 5.75. The van der Waals surface area contributed by atoms with E-state index in [1.165, 1.54) is 5.56 Å². The number of hydrogen-bond donors (Lipinski definition) is 1. The highest BCUT2D eigenvalue weighted by Gasteiger charge is 2.15. The number of carbonyl (C=O) groups excluding carboxylic acids is 3. The molecule has 0 aliphatic carbocycles. The highest BCUT2D eigenvalue weighted by atomic mass is 16.3. The molecule has 1 atom stereocenters. The van der Waals surface area contributed by atoms with Crippen LogP contribution in [-0.4, -0.2) is 28.6 Å². The minimum absolute atomic E-state index is 0.155. The van der Waals surface area contributed by atoms with Crippen molar-refractivity contribution in [2.24, 2.45) is 0 Å². The summed E-state index contributed by atoms with van der Waals surface area (Å²) in [6, 6.07) is 19.9. The SMILES string of the molecule is O=C(CCCCC(=O)C(O)CCCCC(=O)CCc1ccccc1)CCc1ccccc1. The van der Waals surface area contributed by atoms with Crippen LogP contribution in [0.3, 0.4) is 0 Å². The zero-order valence-corrected chi connectivity index (χ0v) is 19.0. The number of aliphatic hydroxyl groups is 1. The number of benzene rings is 2. The van der Waals surface area contributed by atoms with Crippen LogP contribution >= 0.6 is 0 Å². The van der Waals surface area contributed by atoms with Crippen molar-refractivity contribution in [2.45, 2.75) is 83.2 Å². The maximum Gasteiger partial charge on any atom is 0.161 e. The molecule has 1 N–H and O–H groups in total. The van der Waals surface area contributed by atoms with Crippen LogP contribution in [0.15, 0.2) is 60.7 Å². The molecule has 4 heteroatoms. The van der Waals surface area contributed by atoms with E-state index >= 15 is 0 Å². The fraction of sp³-hybridized carbons (Fsp3) is 0.464. The topological polar surface area (TPSA) is 71.4 Å². The predicted octanol–water partition coefficient (Wildman–Crippen LogP) is 5.44. The van der Waals surface area contributed by atoms with E-state index in [2.05, 4.69) is 0 Å². The third-order valence-corrected chi connectivity index (χ3v) is 5.75. The first-order valence-electron chi connectivity index (χ1n) is 11.9. The van der Waals surface area contributed by atoms with Gasteiger partial charge in [0, 0.05) is 32.1 Å². The van der Waals surface area contributed by atoms with E-state index in [4.69, 9.17) is 0 Å². The van der Waals surface area contributed by atoms with Gasteiger partial charge in [0.05, 0.1) is 0 Å². The van der Waals surface area contributed by atoms with Gasteiger partial charge in [-0.05, 0) is 56.1 Å². The number of aryl methyl sites for hydroxylation is 2. The van der Waals surface area contributed by atoms with E-state index in [-0.39, 0.29) is 17.3 Å². The fourth-order valence-corrected chi connectivity index (χ4v) is 3.72. The molecule has 4 nitrogen and oxygen atoms in total. The molecule has 2 rings (SSSR count). The third kappa shape index (κ3) is 11.1. The van der Waals surface area contributed by atoms with Crippen LogP contribution in [0.4, 0.5) is 0 Å². The summed E-state index contributed by atoms with van der Waals surface area (Å²) >= 11 is 0. The number of carbonyl (C=O) groups is 3. The number of hydrogen-bond acceptors (Lipinski definition) is 4. The molecule has 0 radical (unpaired) electrons. The molecule has 0 aromatic heterocycles. The van der Waals surface area contributed by atoms with Gasteiger partial charge in [-0.2, -0.15) is 0 Å². The van der Waals surface area contributed by atoms with Crippen molar-refractivity contribution >= 4 is 17.3 Å². The highest BCUT2D eigenvalue weighted by Crippen LogP contribution is 2.12. The van der Waals surface area contributed by atoms with Crippen LogP contribution in [0.5, 0.6) is 0 Å². The van der Waals surface area contributed by atoms with Crippen molar-refractivity contribution in [1.82, 2.24) is 0 Å². The van der Waals surface area contributed by atoms with Gasteiger partial charge in [0.1, 0.15) is 17.7 Å². The standard InChI is InChI=1S/C28H36O4/c29-25(21-19-23-11-3-1-4-12-23)15-7-9-17-27(31)28(32)18-10-8-16-26(30)22-20-24-13-5-2-6-14-24/h1-6,11-14,27,31H,7-10,15-22H2. The molecular weight excluding hydrogens is 400 g/mol. The van der Waals surface area contributed by atoms with Crippen molar-refractivity contribution in [3.63, 3.8) is 0 Å². The lowest BCUT2D eigenvalue weighted by atomic mass is 9.99. The molecule has 0 aliphatic heterocycles. The van der Waals surface area contributed by atoms with E-state index in [9.17, 15) is 19.5 Å². The first-order chi connectivity index (χ1) is 15.5. The monoisotopic (exact) mass is 436 g/mol. The first-order valence-corrected chi connectivity index (χ1v) is 11.9. The van der Waals surface area contributed by atoms with Gasteiger partial charge in [0.25, 0.3) is 0 Å². The first kappa shape index (κ1) is 25.7. The van der Waals surface area contributed by atoms with Crippen LogP contribution in [0, 0.1) is 0 Å². The second kappa shape index (κ2) is 15.3. The summed E-state index contributed by atoms with van der Waals surface area (Å²) in [5, 5.41) is 10.1. The Hall–Kier alpha value is -2.59. The fourth-order valence-electron chi connectivity index (χ4n) is 3.72. The summed E-state index contributed by atoms with van der Waals surface area (Å²) in [7, 11) is 0. The molecular formula is C28H36O4. The number of Topliss-reactive ketones (excluding diaryl/α,β-unsaturated/α-hetero) is 3. The Morgan fingerprint density at radius 3 is 1.53 bits per heavy atom. The quantitative estimate of drug-likeness (QED) is 0.335. The van der Waals surface area contributed by atoms with Gasteiger partial charge in [0.15, 0.2) is 5.78 Å². The number of rotatable bonds is 17. The van der Waals surface area contributed by atoms with Gasteiger partial charge in [-0.3, -0.25) is 14.4 Å². The van der Waals surface area contributed by atoms with Gasteiger partial charge in [-0.15, -0.1) is 0 Å². The lowest BCUT2D eigenvalue weighted by molar-refractivity contribution is -0.127. The van der Waals surface area contributed by atoms with E-state index in [1.54, 1.807) is 0 Å². The van der Waals surface area contributed by atoms with Gasteiger partial charge in [-0.1, -0.05) is 60.7 Å². The lowest BCUT2D eigenvalue weighted by Crippen LogP contribution is -2.20. The van der Waals surface area contributed by atoms with E-state index in [0.29, 0.717) is 64.2 Å². The van der Waals surface area contributed by atoms with Crippen LogP contribution in [0.25, 0.3) is 0 Å². The summed E-state index contributed by atoms with van der Waals surface area (Å²) in [4.78, 5) is 36.1. The molecule has 0 saturated carbocycles. The average Bonchev–Trinajstić information content (AvgIpc) is 2.83. The molecule has 0 fully saturated rings.